The van der Waals surface area contributed by atoms with Gasteiger partial charge in [0.15, 0.2) is 0 Å². The van der Waals surface area contributed by atoms with Gasteiger partial charge in [-0.3, -0.25) is 9.48 Å². The van der Waals surface area contributed by atoms with Crippen LogP contribution in [0.2, 0.25) is 0 Å². The van der Waals surface area contributed by atoms with Crippen LogP contribution < -0.4 is 5.32 Å². The molecule has 1 aromatic carbocycles. The van der Waals surface area contributed by atoms with E-state index in [-0.39, 0.29) is 5.91 Å². The van der Waals surface area contributed by atoms with Crippen molar-refractivity contribution in [2.45, 2.75) is 6.54 Å². The van der Waals surface area contributed by atoms with Gasteiger partial charge in [-0.15, -0.1) is 0 Å². The smallest absolute Gasteiger partial charge is 0.251 e. The molecule has 0 fully saturated rings. The number of aromatic nitrogens is 2. The van der Waals surface area contributed by atoms with Crippen molar-refractivity contribution >= 4 is 5.91 Å². The van der Waals surface area contributed by atoms with Crippen LogP contribution in [0.3, 0.4) is 0 Å². The van der Waals surface area contributed by atoms with E-state index in [1.54, 1.807) is 28.9 Å². The van der Waals surface area contributed by atoms with Crippen LogP contribution in [0.1, 0.15) is 21.6 Å². The monoisotopic (exact) mass is 240 g/mol. The molecule has 0 spiro atoms. The first-order valence-electron chi connectivity index (χ1n) is 5.46. The number of carbonyl (C=O) groups is 1. The second-order valence-corrected chi connectivity index (χ2v) is 3.86. The average Bonchev–Trinajstić information content (AvgIpc) is 2.82. The Labute approximate surface area is 105 Å². The van der Waals surface area contributed by atoms with Crippen molar-refractivity contribution in [2.24, 2.45) is 7.05 Å². The standard InChI is InChI=1S/C13H12N4O/c1-17-6-5-12(16-17)9-15-13(18)11-4-2-3-10(7-11)8-14/h2-7H,9H2,1H3,(H,15,18). The molecule has 1 N–H and O–H groups in total. The topological polar surface area (TPSA) is 70.7 Å². The second-order valence-electron chi connectivity index (χ2n) is 3.86. The Hall–Kier alpha value is -2.61. The SMILES string of the molecule is Cn1ccc(CNC(=O)c2cccc(C#N)c2)n1. The molecule has 2 rings (SSSR count). The molecule has 0 bridgehead atoms. The van der Waals surface area contributed by atoms with E-state index in [2.05, 4.69) is 10.4 Å². The summed E-state index contributed by atoms with van der Waals surface area (Å²) < 4.78 is 1.68. The molecule has 90 valence electrons. The number of benzene rings is 1. The predicted octanol–water partition coefficient (Wildman–Crippen LogP) is 1.22. The van der Waals surface area contributed by atoms with Gasteiger partial charge in [0.25, 0.3) is 5.91 Å². The minimum Gasteiger partial charge on any atom is -0.346 e. The molecular formula is C13H12N4O. The van der Waals surface area contributed by atoms with Crippen LogP contribution in [0.4, 0.5) is 0 Å². The van der Waals surface area contributed by atoms with Crippen molar-refractivity contribution in [1.82, 2.24) is 15.1 Å². The number of nitriles is 1. The first kappa shape index (κ1) is 11.9. The summed E-state index contributed by atoms with van der Waals surface area (Å²) in [5, 5.41) is 15.7. The van der Waals surface area contributed by atoms with Crippen LogP contribution >= 0.6 is 0 Å². The molecule has 5 nitrogen and oxygen atoms in total. The van der Waals surface area contributed by atoms with Crippen LogP contribution in [-0.4, -0.2) is 15.7 Å². The summed E-state index contributed by atoms with van der Waals surface area (Å²) in [6, 6.07) is 10.4. The van der Waals surface area contributed by atoms with E-state index >= 15 is 0 Å². The highest BCUT2D eigenvalue weighted by atomic mass is 16.1. The van der Waals surface area contributed by atoms with Crippen LogP contribution in [0, 0.1) is 11.3 Å². The Bertz CT molecular complexity index is 609. The Morgan fingerprint density at radius 2 is 2.33 bits per heavy atom. The molecule has 0 aliphatic heterocycles. The van der Waals surface area contributed by atoms with Gasteiger partial charge in [0.2, 0.25) is 0 Å². The summed E-state index contributed by atoms with van der Waals surface area (Å²) in [6.07, 6.45) is 1.82. The van der Waals surface area contributed by atoms with Crippen LogP contribution in [0.5, 0.6) is 0 Å². The van der Waals surface area contributed by atoms with E-state index in [9.17, 15) is 4.79 Å². The molecule has 0 atom stereocenters. The van der Waals surface area contributed by atoms with Crippen molar-refractivity contribution in [3.8, 4) is 6.07 Å². The van der Waals surface area contributed by atoms with E-state index in [1.807, 2.05) is 25.4 Å². The van der Waals surface area contributed by atoms with Gasteiger partial charge in [-0.1, -0.05) is 6.07 Å². The highest BCUT2D eigenvalue weighted by molar-refractivity contribution is 5.94. The fourth-order valence-corrected chi connectivity index (χ4v) is 1.56. The highest BCUT2D eigenvalue weighted by Crippen LogP contribution is 2.04. The largest absolute Gasteiger partial charge is 0.346 e. The first-order chi connectivity index (χ1) is 8.69. The minimum atomic E-state index is -0.210. The second kappa shape index (κ2) is 5.15. The van der Waals surface area contributed by atoms with Gasteiger partial charge in [0.05, 0.1) is 23.9 Å². The molecule has 1 amide bonds. The number of carbonyl (C=O) groups excluding carboxylic acids is 1. The third-order valence-corrected chi connectivity index (χ3v) is 2.45. The van der Waals surface area contributed by atoms with Crippen molar-refractivity contribution in [3.63, 3.8) is 0 Å². The number of aryl methyl sites for hydroxylation is 1. The predicted molar refractivity (Wildman–Crippen MR) is 65.5 cm³/mol. The number of nitrogens with one attached hydrogen (secondary N) is 1. The van der Waals surface area contributed by atoms with Gasteiger partial charge < -0.3 is 5.32 Å². The number of hydrogen-bond acceptors (Lipinski definition) is 3. The van der Waals surface area contributed by atoms with E-state index in [1.165, 1.54) is 0 Å². The molecule has 0 aliphatic carbocycles. The third-order valence-electron chi connectivity index (χ3n) is 2.45. The van der Waals surface area contributed by atoms with Crippen LogP contribution in [0.25, 0.3) is 0 Å². The van der Waals surface area contributed by atoms with Gasteiger partial charge >= 0.3 is 0 Å². The lowest BCUT2D eigenvalue weighted by Gasteiger charge is -2.03. The molecule has 0 radical (unpaired) electrons. The van der Waals surface area contributed by atoms with E-state index < -0.39 is 0 Å². The summed E-state index contributed by atoms with van der Waals surface area (Å²) in [4.78, 5) is 11.8. The number of rotatable bonds is 3. The van der Waals surface area contributed by atoms with Crippen LogP contribution in [0.15, 0.2) is 36.5 Å². The first-order valence-corrected chi connectivity index (χ1v) is 5.46. The third kappa shape index (κ3) is 2.74. The fourth-order valence-electron chi connectivity index (χ4n) is 1.56. The molecular weight excluding hydrogens is 228 g/mol. The molecule has 0 aliphatic rings. The Morgan fingerprint density at radius 3 is 3.00 bits per heavy atom. The fraction of sp³-hybridized carbons (Fsp3) is 0.154. The number of nitrogens with zero attached hydrogens (tertiary/aromatic N) is 3. The lowest BCUT2D eigenvalue weighted by atomic mass is 10.1. The zero-order valence-electron chi connectivity index (χ0n) is 9.92. The van der Waals surface area contributed by atoms with Gasteiger partial charge in [0, 0.05) is 18.8 Å². The number of amides is 1. The summed E-state index contributed by atoms with van der Waals surface area (Å²) in [5.41, 5.74) is 1.74. The molecule has 0 unspecified atom stereocenters. The average molecular weight is 240 g/mol. The van der Waals surface area contributed by atoms with E-state index in [0.29, 0.717) is 17.7 Å². The molecule has 0 saturated heterocycles. The van der Waals surface area contributed by atoms with Gasteiger partial charge in [-0.25, -0.2) is 0 Å². The lowest BCUT2D eigenvalue weighted by Crippen LogP contribution is -2.23. The van der Waals surface area contributed by atoms with Gasteiger partial charge in [-0.05, 0) is 24.3 Å². The summed E-state index contributed by atoms with van der Waals surface area (Å²) in [6.45, 7) is 0.371. The maximum absolute atomic E-state index is 11.8. The zero-order chi connectivity index (χ0) is 13.0. The summed E-state index contributed by atoms with van der Waals surface area (Å²) in [7, 11) is 1.82. The molecule has 0 saturated carbocycles. The van der Waals surface area contributed by atoms with Gasteiger partial charge in [0.1, 0.15) is 0 Å². The normalized spacial score (nSPS) is 9.78. The summed E-state index contributed by atoms with van der Waals surface area (Å²) >= 11 is 0. The molecule has 1 heterocycles. The highest BCUT2D eigenvalue weighted by Gasteiger charge is 2.06. The lowest BCUT2D eigenvalue weighted by molar-refractivity contribution is 0.0950. The van der Waals surface area contributed by atoms with Crippen molar-refractivity contribution in [3.05, 3.63) is 53.3 Å². The zero-order valence-corrected chi connectivity index (χ0v) is 9.92. The van der Waals surface area contributed by atoms with E-state index in [0.717, 1.165) is 5.69 Å². The van der Waals surface area contributed by atoms with Crippen molar-refractivity contribution < 1.29 is 4.79 Å². The molecule has 1 aromatic heterocycles. The Kier molecular flexibility index (Phi) is 3.39. The van der Waals surface area contributed by atoms with E-state index in [4.69, 9.17) is 5.26 Å². The summed E-state index contributed by atoms with van der Waals surface area (Å²) in [5.74, 6) is -0.210. The van der Waals surface area contributed by atoms with Crippen molar-refractivity contribution in [2.75, 3.05) is 0 Å². The quantitative estimate of drug-likeness (QED) is 0.876. The Morgan fingerprint density at radius 1 is 1.50 bits per heavy atom. The molecule has 18 heavy (non-hydrogen) atoms. The van der Waals surface area contributed by atoms with Crippen molar-refractivity contribution in [1.29, 1.82) is 5.26 Å². The maximum atomic E-state index is 11.8. The Balaban J connectivity index is 2.01. The minimum absolute atomic E-state index is 0.210. The molecule has 5 heteroatoms. The molecule has 2 aromatic rings. The maximum Gasteiger partial charge on any atom is 0.251 e. The number of hydrogen-bond donors (Lipinski definition) is 1. The van der Waals surface area contributed by atoms with Gasteiger partial charge in [-0.2, -0.15) is 10.4 Å². The van der Waals surface area contributed by atoms with Crippen LogP contribution in [-0.2, 0) is 13.6 Å².